The highest BCUT2D eigenvalue weighted by molar-refractivity contribution is 5.94. The van der Waals surface area contributed by atoms with Gasteiger partial charge in [0.2, 0.25) is 0 Å². The van der Waals surface area contributed by atoms with Crippen molar-refractivity contribution in [1.82, 2.24) is 29.9 Å². The smallest absolute Gasteiger partial charge is 0.266 e. The average Bonchev–Trinajstić information content (AvgIpc) is 3.10. The van der Waals surface area contributed by atoms with Crippen LogP contribution in [-0.4, -0.2) is 30.5 Å². The largest absolute Gasteiger partial charge is 0.345 e. The lowest BCUT2D eigenvalue weighted by atomic mass is 10.1. The first-order valence-corrected chi connectivity index (χ1v) is 8.38. The number of aryl methyl sites for hydroxylation is 2. The Morgan fingerprint density at radius 3 is 2.62 bits per heavy atom. The Hall–Kier alpha value is -3.29. The van der Waals surface area contributed by atoms with E-state index in [4.69, 9.17) is 0 Å². The van der Waals surface area contributed by atoms with Crippen molar-refractivity contribution < 1.29 is 4.79 Å². The summed E-state index contributed by atoms with van der Waals surface area (Å²) in [5.41, 5.74) is 1.88. The maximum atomic E-state index is 12.3. The van der Waals surface area contributed by atoms with E-state index in [2.05, 4.69) is 27.5 Å². The molecule has 3 rings (SSSR count). The van der Waals surface area contributed by atoms with Crippen molar-refractivity contribution in [3.8, 4) is 11.3 Å². The van der Waals surface area contributed by atoms with E-state index in [0.717, 1.165) is 24.4 Å². The lowest BCUT2D eigenvalue weighted by molar-refractivity contribution is 0.0949. The van der Waals surface area contributed by atoms with E-state index in [1.54, 1.807) is 43.7 Å². The fraction of sp³-hybridized carbons (Fsp3) is 0.278. The average molecular weight is 352 g/mol. The van der Waals surface area contributed by atoms with Crippen molar-refractivity contribution >= 4 is 5.91 Å². The van der Waals surface area contributed by atoms with E-state index in [-0.39, 0.29) is 11.5 Å². The molecule has 0 atom stereocenters. The standard InChI is InChI=1S/C18H20N6O2/c1-3-10-24-12-20-21-16(24)11-19-18(26)14-6-4-13(5-7-14)15-8-9-17(25)23(2)22-15/h4-9,12H,3,10-11H2,1-2H3,(H,19,26). The number of benzene rings is 1. The normalized spacial score (nSPS) is 10.7. The third kappa shape index (κ3) is 3.85. The summed E-state index contributed by atoms with van der Waals surface area (Å²) in [7, 11) is 1.60. The predicted octanol–water partition coefficient (Wildman–Crippen LogP) is 1.38. The molecule has 0 aliphatic heterocycles. The van der Waals surface area contributed by atoms with E-state index < -0.39 is 0 Å². The van der Waals surface area contributed by atoms with Gasteiger partial charge in [-0.15, -0.1) is 10.2 Å². The van der Waals surface area contributed by atoms with Crippen LogP contribution in [-0.2, 0) is 20.1 Å². The van der Waals surface area contributed by atoms with Gasteiger partial charge in [-0.05, 0) is 24.6 Å². The van der Waals surface area contributed by atoms with Gasteiger partial charge < -0.3 is 9.88 Å². The van der Waals surface area contributed by atoms with Gasteiger partial charge in [0, 0.05) is 30.8 Å². The highest BCUT2D eigenvalue weighted by atomic mass is 16.1. The Morgan fingerprint density at radius 2 is 1.92 bits per heavy atom. The summed E-state index contributed by atoms with van der Waals surface area (Å²) in [5.74, 6) is 0.544. The third-order valence-corrected chi connectivity index (χ3v) is 3.97. The molecule has 2 heterocycles. The molecule has 1 aromatic carbocycles. The molecular formula is C18H20N6O2. The third-order valence-electron chi connectivity index (χ3n) is 3.97. The van der Waals surface area contributed by atoms with Gasteiger partial charge in [-0.2, -0.15) is 5.10 Å². The molecule has 1 amide bonds. The number of amides is 1. The van der Waals surface area contributed by atoms with E-state index >= 15 is 0 Å². The minimum absolute atomic E-state index is 0.166. The fourth-order valence-electron chi connectivity index (χ4n) is 2.55. The summed E-state index contributed by atoms with van der Waals surface area (Å²) in [5, 5.41) is 15.0. The van der Waals surface area contributed by atoms with Crippen molar-refractivity contribution in [2.75, 3.05) is 0 Å². The molecule has 0 unspecified atom stereocenters. The SMILES string of the molecule is CCCn1cnnc1CNC(=O)c1ccc(-c2ccc(=O)n(C)n2)cc1. The molecule has 1 N–H and O–H groups in total. The van der Waals surface area contributed by atoms with Gasteiger partial charge in [0.15, 0.2) is 5.82 Å². The lowest BCUT2D eigenvalue weighted by Gasteiger charge is -2.08. The molecule has 0 fully saturated rings. The van der Waals surface area contributed by atoms with Crippen LogP contribution >= 0.6 is 0 Å². The number of hydrogen-bond acceptors (Lipinski definition) is 5. The van der Waals surface area contributed by atoms with E-state index in [0.29, 0.717) is 17.8 Å². The minimum Gasteiger partial charge on any atom is -0.345 e. The molecule has 3 aromatic rings. The Bertz CT molecular complexity index is 958. The molecule has 8 nitrogen and oxygen atoms in total. The lowest BCUT2D eigenvalue weighted by Crippen LogP contribution is -2.24. The first kappa shape index (κ1) is 17.5. The summed E-state index contributed by atoms with van der Waals surface area (Å²) >= 11 is 0. The molecule has 0 saturated carbocycles. The second kappa shape index (κ2) is 7.73. The van der Waals surface area contributed by atoms with Gasteiger partial charge in [0.25, 0.3) is 11.5 Å². The number of aromatic nitrogens is 5. The van der Waals surface area contributed by atoms with Gasteiger partial charge in [-0.25, -0.2) is 4.68 Å². The first-order valence-electron chi connectivity index (χ1n) is 8.38. The quantitative estimate of drug-likeness (QED) is 0.723. The zero-order valence-corrected chi connectivity index (χ0v) is 14.7. The maximum Gasteiger partial charge on any atom is 0.266 e. The molecule has 0 aliphatic carbocycles. The van der Waals surface area contributed by atoms with Crippen molar-refractivity contribution in [1.29, 1.82) is 0 Å². The van der Waals surface area contributed by atoms with Crippen LogP contribution in [0, 0.1) is 0 Å². The first-order chi connectivity index (χ1) is 12.6. The topological polar surface area (TPSA) is 94.7 Å². The monoisotopic (exact) mass is 352 g/mol. The van der Waals surface area contributed by atoms with Gasteiger partial charge in [0.1, 0.15) is 6.33 Å². The van der Waals surface area contributed by atoms with Crippen LogP contribution in [0.25, 0.3) is 11.3 Å². The second-order valence-corrected chi connectivity index (χ2v) is 5.88. The summed E-state index contributed by atoms with van der Waals surface area (Å²) in [6, 6.07) is 10.2. The second-order valence-electron chi connectivity index (χ2n) is 5.88. The predicted molar refractivity (Wildman–Crippen MR) is 96.4 cm³/mol. The van der Waals surface area contributed by atoms with Crippen LogP contribution in [0.3, 0.4) is 0 Å². The van der Waals surface area contributed by atoms with Gasteiger partial charge in [0.05, 0.1) is 12.2 Å². The van der Waals surface area contributed by atoms with Crippen LogP contribution in [0.2, 0.25) is 0 Å². The number of rotatable bonds is 6. The zero-order chi connectivity index (χ0) is 18.5. The molecule has 0 aliphatic rings. The van der Waals surface area contributed by atoms with Crippen molar-refractivity contribution in [2.45, 2.75) is 26.4 Å². The molecule has 8 heteroatoms. The summed E-state index contributed by atoms with van der Waals surface area (Å²) < 4.78 is 3.21. The van der Waals surface area contributed by atoms with Crippen LogP contribution in [0.15, 0.2) is 47.5 Å². The van der Waals surface area contributed by atoms with E-state index in [1.807, 2.05) is 4.57 Å². The Balaban J connectivity index is 1.67. The van der Waals surface area contributed by atoms with Crippen LogP contribution < -0.4 is 10.9 Å². The van der Waals surface area contributed by atoms with Gasteiger partial charge in [-0.1, -0.05) is 19.1 Å². The van der Waals surface area contributed by atoms with Crippen LogP contribution in [0.1, 0.15) is 29.5 Å². The van der Waals surface area contributed by atoms with Crippen molar-refractivity contribution in [2.24, 2.45) is 7.05 Å². The molecular weight excluding hydrogens is 332 g/mol. The summed E-state index contributed by atoms with van der Waals surface area (Å²) in [6.07, 6.45) is 2.64. The minimum atomic E-state index is -0.184. The highest BCUT2D eigenvalue weighted by Crippen LogP contribution is 2.16. The number of carbonyl (C=O) groups is 1. The molecule has 0 bridgehead atoms. The number of nitrogens with one attached hydrogen (secondary N) is 1. The van der Waals surface area contributed by atoms with E-state index in [9.17, 15) is 9.59 Å². The van der Waals surface area contributed by atoms with E-state index in [1.165, 1.54) is 10.7 Å². The summed E-state index contributed by atoms with van der Waals surface area (Å²) in [4.78, 5) is 23.7. The Kier molecular flexibility index (Phi) is 5.21. The number of carbonyl (C=O) groups excluding carboxylic acids is 1. The van der Waals surface area contributed by atoms with Crippen molar-refractivity contribution in [3.05, 3.63) is 64.5 Å². The van der Waals surface area contributed by atoms with Gasteiger partial charge in [-0.3, -0.25) is 9.59 Å². The van der Waals surface area contributed by atoms with Crippen LogP contribution in [0.4, 0.5) is 0 Å². The molecule has 26 heavy (non-hydrogen) atoms. The molecule has 134 valence electrons. The number of nitrogens with zero attached hydrogens (tertiary/aromatic N) is 5. The molecule has 0 spiro atoms. The highest BCUT2D eigenvalue weighted by Gasteiger charge is 2.09. The van der Waals surface area contributed by atoms with Crippen LogP contribution in [0.5, 0.6) is 0 Å². The summed E-state index contributed by atoms with van der Waals surface area (Å²) in [6.45, 7) is 3.21. The van der Waals surface area contributed by atoms with Gasteiger partial charge >= 0.3 is 0 Å². The number of hydrogen-bond donors (Lipinski definition) is 1. The Morgan fingerprint density at radius 1 is 1.15 bits per heavy atom. The Labute approximate surface area is 150 Å². The maximum absolute atomic E-state index is 12.3. The molecule has 2 aromatic heterocycles. The zero-order valence-electron chi connectivity index (χ0n) is 14.7. The van der Waals surface area contributed by atoms with Crippen molar-refractivity contribution in [3.63, 3.8) is 0 Å². The fourth-order valence-corrected chi connectivity index (χ4v) is 2.55. The molecule has 0 saturated heterocycles. The molecule has 0 radical (unpaired) electrons.